The van der Waals surface area contributed by atoms with Gasteiger partial charge in [0.15, 0.2) is 0 Å². The van der Waals surface area contributed by atoms with E-state index in [4.69, 9.17) is 4.74 Å². The molecule has 1 rings (SSSR count). The second-order valence-electron chi connectivity index (χ2n) is 5.23. The Kier molecular flexibility index (Phi) is 6.32. The maximum absolute atomic E-state index is 9.86. The first-order valence-electron chi connectivity index (χ1n) is 6.57. The van der Waals surface area contributed by atoms with Crippen molar-refractivity contribution in [1.29, 1.82) is 0 Å². The Morgan fingerprint density at radius 3 is 2.69 bits per heavy atom. The molecule has 2 unspecified atom stereocenters. The van der Waals surface area contributed by atoms with Gasteiger partial charge < -0.3 is 14.7 Å². The number of hydrogen-bond donors (Lipinski definition) is 1. The molecule has 1 N–H and O–H groups in total. The predicted octanol–water partition coefficient (Wildman–Crippen LogP) is 1.75. The van der Waals surface area contributed by atoms with Crippen molar-refractivity contribution in [2.24, 2.45) is 11.8 Å². The Labute approximate surface area is 99.8 Å². The molecule has 0 heterocycles. The zero-order valence-electron chi connectivity index (χ0n) is 11.0. The Balaban J connectivity index is 1.97. The fraction of sp³-hybridized carbons (Fsp3) is 1.00. The van der Waals surface area contributed by atoms with Crippen LogP contribution in [0.1, 0.15) is 33.1 Å². The van der Waals surface area contributed by atoms with Crippen LogP contribution in [0.3, 0.4) is 0 Å². The van der Waals surface area contributed by atoms with Gasteiger partial charge in [-0.25, -0.2) is 0 Å². The van der Waals surface area contributed by atoms with Gasteiger partial charge in [0.25, 0.3) is 0 Å². The number of rotatable bonds is 9. The summed E-state index contributed by atoms with van der Waals surface area (Å²) in [6.45, 7) is 7.61. The summed E-state index contributed by atoms with van der Waals surface area (Å²) in [5.41, 5.74) is 0. The lowest BCUT2D eigenvalue weighted by molar-refractivity contribution is 0.0566. The lowest BCUT2D eigenvalue weighted by Gasteiger charge is -2.24. The average Bonchev–Trinajstić information content (AvgIpc) is 3.07. The quantitative estimate of drug-likeness (QED) is 0.611. The predicted molar refractivity (Wildman–Crippen MR) is 66.5 cm³/mol. The molecule has 2 atom stereocenters. The second-order valence-corrected chi connectivity index (χ2v) is 5.23. The van der Waals surface area contributed by atoms with Crippen molar-refractivity contribution in [2.45, 2.75) is 39.2 Å². The van der Waals surface area contributed by atoms with Crippen LogP contribution in [-0.4, -0.2) is 49.5 Å². The van der Waals surface area contributed by atoms with E-state index in [1.807, 2.05) is 7.05 Å². The van der Waals surface area contributed by atoms with Crippen LogP contribution in [0.4, 0.5) is 0 Å². The molecule has 0 radical (unpaired) electrons. The summed E-state index contributed by atoms with van der Waals surface area (Å²) in [4.78, 5) is 2.16. The third-order valence-corrected chi connectivity index (χ3v) is 3.47. The van der Waals surface area contributed by atoms with Crippen LogP contribution in [0, 0.1) is 11.8 Å². The molecule has 16 heavy (non-hydrogen) atoms. The van der Waals surface area contributed by atoms with Gasteiger partial charge in [0.1, 0.15) is 0 Å². The summed E-state index contributed by atoms with van der Waals surface area (Å²) in [7, 11) is 2.05. The Morgan fingerprint density at radius 2 is 2.12 bits per heavy atom. The van der Waals surface area contributed by atoms with Gasteiger partial charge in [0.2, 0.25) is 0 Å². The van der Waals surface area contributed by atoms with Crippen molar-refractivity contribution in [3.8, 4) is 0 Å². The maximum Gasteiger partial charge on any atom is 0.0692 e. The molecule has 1 aliphatic rings. The molecule has 0 aromatic rings. The van der Waals surface area contributed by atoms with E-state index in [-0.39, 0.29) is 6.10 Å². The van der Waals surface area contributed by atoms with E-state index in [9.17, 15) is 5.11 Å². The maximum atomic E-state index is 9.86. The minimum atomic E-state index is -0.210. The van der Waals surface area contributed by atoms with Crippen molar-refractivity contribution in [3.63, 3.8) is 0 Å². The van der Waals surface area contributed by atoms with Gasteiger partial charge in [-0.1, -0.05) is 20.3 Å². The van der Waals surface area contributed by atoms with Gasteiger partial charge in [-0.05, 0) is 31.7 Å². The first-order chi connectivity index (χ1) is 7.63. The molecular formula is C13H27NO2. The largest absolute Gasteiger partial charge is 0.392 e. The Hall–Kier alpha value is -0.120. The molecule has 0 saturated heterocycles. The highest BCUT2D eigenvalue weighted by atomic mass is 16.5. The molecule has 0 amide bonds. The van der Waals surface area contributed by atoms with Crippen LogP contribution in [-0.2, 0) is 4.74 Å². The monoisotopic (exact) mass is 229 g/mol. The van der Waals surface area contributed by atoms with Crippen LogP contribution in [0.15, 0.2) is 0 Å². The molecular weight excluding hydrogens is 202 g/mol. The van der Waals surface area contributed by atoms with Crippen LogP contribution in [0.2, 0.25) is 0 Å². The number of aliphatic hydroxyl groups is 1. The lowest BCUT2D eigenvalue weighted by Crippen LogP contribution is -2.35. The van der Waals surface area contributed by atoms with Gasteiger partial charge in [-0.2, -0.15) is 0 Å². The van der Waals surface area contributed by atoms with Gasteiger partial charge in [0.05, 0.1) is 12.7 Å². The van der Waals surface area contributed by atoms with Crippen molar-refractivity contribution < 1.29 is 9.84 Å². The highest BCUT2D eigenvalue weighted by Crippen LogP contribution is 2.28. The van der Waals surface area contributed by atoms with Gasteiger partial charge >= 0.3 is 0 Å². The summed E-state index contributed by atoms with van der Waals surface area (Å²) in [6, 6.07) is 0. The summed E-state index contributed by atoms with van der Waals surface area (Å²) in [5, 5.41) is 9.86. The molecule has 1 saturated carbocycles. The minimum absolute atomic E-state index is 0.210. The summed E-state index contributed by atoms with van der Waals surface area (Å²) in [6.07, 6.45) is 3.52. The average molecular weight is 229 g/mol. The minimum Gasteiger partial charge on any atom is -0.392 e. The van der Waals surface area contributed by atoms with Gasteiger partial charge in [0, 0.05) is 19.7 Å². The third-order valence-electron chi connectivity index (χ3n) is 3.47. The van der Waals surface area contributed by atoms with Crippen LogP contribution >= 0.6 is 0 Å². The van der Waals surface area contributed by atoms with Gasteiger partial charge in [-0.15, -0.1) is 0 Å². The first kappa shape index (κ1) is 13.9. The number of likely N-dealkylation sites (N-methyl/N-ethyl adjacent to an activating group) is 1. The molecule has 3 heteroatoms. The summed E-state index contributed by atoms with van der Waals surface area (Å²) >= 11 is 0. The van der Waals surface area contributed by atoms with E-state index < -0.39 is 0 Å². The van der Waals surface area contributed by atoms with Crippen molar-refractivity contribution >= 4 is 0 Å². The highest BCUT2D eigenvalue weighted by molar-refractivity contribution is 4.72. The Morgan fingerprint density at radius 1 is 1.44 bits per heavy atom. The summed E-state index contributed by atoms with van der Waals surface area (Å²) in [5.74, 6) is 1.23. The zero-order valence-corrected chi connectivity index (χ0v) is 11.0. The second kappa shape index (κ2) is 7.25. The Bertz CT molecular complexity index is 183. The molecule has 3 nitrogen and oxygen atoms in total. The number of hydrogen-bond acceptors (Lipinski definition) is 3. The smallest absolute Gasteiger partial charge is 0.0692 e. The van der Waals surface area contributed by atoms with E-state index >= 15 is 0 Å². The van der Waals surface area contributed by atoms with Crippen molar-refractivity contribution in [3.05, 3.63) is 0 Å². The van der Waals surface area contributed by atoms with E-state index in [0.29, 0.717) is 5.92 Å². The van der Waals surface area contributed by atoms with Crippen molar-refractivity contribution in [2.75, 3.05) is 33.4 Å². The van der Waals surface area contributed by atoms with E-state index in [1.165, 1.54) is 12.8 Å². The third kappa shape index (κ3) is 5.83. The molecule has 0 aliphatic heterocycles. The van der Waals surface area contributed by atoms with Crippen molar-refractivity contribution in [1.82, 2.24) is 4.90 Å². The highest BCUT2D eigenvalue weighted by Gasteiger charge is 2.21. The summed E-state index contributed by atoms with van der Waals surface area (Å²) < 4.78 is 5.57. The van der Waals surface area contributed by atoms with E-state index in [2.05, 4.69) is 18.7 Å². The molecule has 0 bridgehead atoms. The fourth-order valence-corrected chi connectivity index (χ4v) is 1.62. The standard InChI is InChI=1S/C13H27NO2/c1-4-11(2)13(15)9-14(3)7-8-16-10-12-5-6-12/h11-13,15H,4-10H2,1-3H3. The van der Waals surface area contributed by atoms with Gasteiger partial charge in [-0.3, -0.25) is 0 Å². The van der Waals surface area contributed by atoms with Crippen LogP contribution < -0.4 is 0 Å². The molecule has 1 aliphatic carbocycles. The van der Waals surface area contributed by atoms with Crippen LogP contribution in [0.25, 0.3) is 0 Å². The zero-order chi connectivity index (χ0) is 12.0. The molecule has 96 valence electrons. The number of ether oxygens (including phenoxy) is 1. The molecule has 0 spiro atoms. The first-order valence-corrected chi connectivity index (χ1v) is 6.57. The van der Waals surface area contributed by atoms with E-state index in [0.717, 1.165) is 38.6 Å². The molecule has 0 aromatic heterocycles. The SMILES string of the molecule is CCC(C)C(O)CN(C)CCOCC1CC1. The number of aliphatic hydroxyl groups excluding tert-OH is 1. The number of nitrogens with zero attached hydrogens (tertiary/aromatic N) is 1. The normalized spacial score (nSPS) is 20.1. The molecule has 1 fully saturated rings. The van der Waals surface area contributed by atoms with E-state index in [1.54, 1.807) is 0 Å². The fourth-order valence-electron chi connectivity index (χ4n) is 1.62. The molecule has 0 aromatic carbocycles. The van der Waals surface area contributed by atoms with Crippen LogP contribution in [0.5, 0.6) is 0 Å². The topological polar surface area (TPSA) is 32.7 Å². The lowest BCUT2D eigenvalue weighted by atomic mass is 10.0.